The number of hydrogen-bond acceptors (Lipinski definition) is 4. The lowest BCUT2D eigenvalue weighted by molar-refractivity contribution is -0.0199. The molecular weight excluding hydrogens is 516 g/mol. The van der Waals surface area contributed by atoms with E-state index in [1.165, 1.54) is 10.3 Å². The maximum absolute atomic E-state index is 12.5. The molecule has 1 heterocycles. The summed E-state index contributed by atoms with van der Waals surface area (Å²) in [6, 6.07) is 31.8. The van der Waals surface area contributed by atoms with Crippen molar-refractivity contribution in [2.45, 2.75) is 31.5 Å². The molecule has 0 aromatic heterocycles. The van der Waals surface area contributed by atoms with E-state index in [2.05, 4.69) is 30.3 Å². The largest absolute Gasteiger partial charge is 0.494 e. The number of carbonyl (C=O) groups excluding carboxylic acids is 1. The first-order valence-electron chi connectivity index (χ1n) is 14.1. The summed E-state index contributed by atoms with van der Waals surface area (Å²) < 4.78 is 12.3. The predicted octanol–water partition coefficient (Wildman–Crippen LogP) is 6.43. The van der Waals surface area contributed by atoms with Gasteiger partial charge in [0, 0.05) is 31.6 Å². The third kappa shape index (κ3) is 7.24. The molecular formula is C34H36N2O5. The molecule has 2 atom stereocenters. The molecule has 1 fully saturated rings. The van der Waals surface area contributed by atoms with Gasteiger partial charge >= 0.3 is 6.09 Å². The van der Waals surface area contributed by atoms with Gasteiger partial charge in [-0.3, -0.25) is 4.79 Å². The summed E-state index contributed by atoms with van der Waals surface area (Å²) in [5.74, 6) is 0.849. The molecule has 0 radical (unpaired) electrons. The van der Waals surface area contributed by atoms with Gasteiger partial charge in [0.2, 0.25) is 0 Å². The van der Waals surface area contributed by atoms with E-state index in [0.29, 0.717) is 44.8 Å². The normalized spacial score (nSPS) is 16.9. The Morgan fingerprint density at radius 2 is 1.66 bits per heavy atom. The van der Waals surface area contributed by atoms with E-state index in [4.69, 9.17) is 9.47 Å². The highest BCUT2D eigenvalue weighted by Crippen LogP contribution is 2.32. The second kappa shape index (κ2) is 13.3. The van der Waals surface area contributed by atoms with Gasteiger partial charge in [-0.05, 0) is 65.1 Å². The molecule has 5 rings (SSSR count). The number of rotatable bonds is 10. The van der Waals surface area contributed by atoms with Crippen LogP contribution in [0.2, 0.25) is 0 Å². The molecule has 7 heteroatoms. The zero-order valence-corrected chi connectivity index (χ0v) is 23.3. The fraction of sp³-hybridized carbons (Fsp3) is 0.294. The molecule has 0 aliphatic carbocycles. The molecule has 0 spiro atoms. The van der Waals surface area contributed by atoms with Crippen LogP contribution >= 0.6 is 0 Å². The Morgan fingerprint density at radius 3 is 2.41 bits per heavy atom. The fourth-order valence-electron chi connectivity index (χ4n) is 5.38. The number of ether oxygens (including phenoxy) is 2. The second-order valence-electron chi connectivity index (χ2n) is 10.5. The number of benzene rings is 4. The molecule has 0 bridgehead atoms. The van der Waals surface area contributed by atoms with E-state index >= 15 is 0 Å². The highest BCUT2D eigenvalue weighted by molar-refractivity contribution is 5.94. The fourth-order valence-corrected chi connectivity index (χ4v) is 5.38. The summed E-state index contributed by atoms with van der Waals surface area (Å²) in [6.45, 7) is 2.33. The van der Waals surface area contributed by atoms with Crippen LogP contribution in [0.3, 0.4) is 0 Å². The van der Waals surface area contributed by atoms with E-state index in [-0.39, 0.29) is 17.9 Å². The molecule has 1 saturated heterocycles. The quantitative estimate of drug-likeness (QED) is 0.229. The van der Waals surface area contributed by atoms with Crippen molar-refractivity contribution < 1.29 is 24.2 Å². The van der Waals surface area contributed by atoms with Gasteiger partial charge in [-0.25, -0.2) is 4.79 Å². The Labute approximate surface area is 240 Å². The average molecular weight is 553 g/mol. The summed E-state index contributed by atoms with van der Waals surface area (Å²) >= 11 is 0. The maximum Gasteiger partial charge on any atom is 0.407 e. The van der Waals surface area contributed by atoms with Gasteiger partial charge in [0.05, 0.1) is 25.9 Å². The molecule has 4 aromatic rings. The monoisotopic (exact) mass is 552 g/mol. The summed E-state index contributed by atoms with van der Waals surface area (Å²) in [7, 11) is 1.80. The Bertz CT molecular complexity index is 1460. The van der Waals surface area contributed by atoms with Crippen molar-refractivity contribution in [1.82, 2.24) is 9.80 Å². The van der Waals surface area contributed by atoms with Crippen LogP contribution in [0, 0.1) is 0 Å². The molecule has 4 aromatic carbocycles. The van der Waals surface area contributed by atoms with Crippen molar-refractivity contribution in [3.8, 4) is 5.75 Å². The highest BCUT2D eigenvalue weighted by Gasteiger charge is 2.33. The lowest BCUT2D eigenvalue weighted by Crippen LogP contribution is -2.46. The Kier molecular flexibility index (Phi) is 9.16. The number of nitrogens with zero attached hydrogens (tertiary/aromatic N) is 2. The van der Waals surface area contributed by atoms with Crippen LogP contribution in [0.4, 0.5) is 4.79 Å². The van der Waals surface area contributed by atoms with E-state index in [1.807, 2.05) is 66.7 Å². The van der Waals surface area contributed by atoms with Gasteiger partial charge in [-0.15, -0.1) is 0 Å². The second-order valence-corrected chi connectivity index (χ2v) is 10.5. The van der Waals surface area contributed by atoms with Gasteiger partial charge in [0.15, 0.2) is 0 Å². The number of carboxylic acid groups (broad SMARTS) is 1. The number of hydrogen-bond donors (Lipinski definition) is 1. The van der Waals surface area contributed by atoms with Crippen LogP contribution in [0.1, 0.15) is 40.2 Å². The predicted molar refractivity (Wildman–Crippen MR) is 159 cm³/mol. The number of likely N-dealkylation sites (tertiary alicyclic amines) is 1. The minimum Gasteiger partial charge on any atom is -0.494 e. The summed E-state index contributed by atoms with van der Waals surface area (Å²) in [6.07, 6.45) is 0.240. The van der Waals surface area contributed by atoms with Gasteiger partial charge in [0.1, 0.15) is 5.75 Å². The minimum atomic E-state index is -0.914. The first-order valence-corrected chi connectivity index (χ1v) is 14.1. The first-order chi connectivity index (χ1) is 20.0. The molecule has 1 aliphatic heterocycles. The molecule has 41 heavy (non-hydrogen) atoms. The van der Waals surface area contributed by atoms with Crippen molar-refractivity contribution in [2.24, 2.45) is 0 Å². The Morgan fingerprint density at radius 1 is 0.927 bits per heavy atom. The van der Waals surface area contributed by atoms with Crippen LogP contribution in [0.15, 0.2) is 97.1 Å². The topological polar surface area (TPSA) is 79.3 Å². The van der Waals surface area contributed by atoms with Gasteiger partial charge in [0.25, 0.3) is 5.91 Å². The average Bonchev–Trinajstić information content (AvgIpc) is 3.02. The molecule has 2 amide bonds. The zero-order valence-electron chi connectivity index (χ0n) is 23.3. The SMILES string of the molecule is CN(CCCOc1ccc(C2CCN(C(=O)O)CC2OCc2ccc3ccccc3c2)cc1)C(=O)c1ccccc1. The lowest BCUT2D eigenvalue weighted by Gasteiger charge is -2.37. The maximum atomic E-state index is 12.5. The van der Waals surface area contributed by atoms with E-state index in [0.717, 1.165) is 28.7 Å². The number of carbonyl (C=O) groups is 2. The van der Waals surface area contributed by atoms with Crippen LogP contribution in [0.5, 0.6) is 5.75 Å². The lowest BCUT2D eigenvalue weighted by atomic mass is 9.87. The number of amides is 2. The van der Waals surface area contributed by atoms with Crippen molar-refractivity contribution in [1.29, 1.82) is 0 Å². The standard InChI is InChI=1S/C34H36N2O5/c1-35(33(37)28-9-3-2-4-10-28)19-7-21-40-30-16-14-27(15-17-30)31-18-20-36(34(38)39)23-32(31)41-24-25-12-13-26-8-5-6-11-29(26)22-25/h2-6,8-17,22,31-32H,7,18-21,23-24H2,1H3,(H,38,39). The third-order valence-corrected chi connectivity index (χ3v) is 7.69. The summed E-state index contributed by atoms with van der Waals surface area (Å²) in [5, 5.41) is 11.9. The molecule has 212 valence electrons. The van der Waals surface area contributed by atoms with Crippen molar-refractivity contribution in [3.05, 3.63) is 114 Å². The Hall–Kier alpha value is -4.36. The molecule has 2 unspecified atom stereocenters. The summed E-state index contributed by atoms with van der Waals surface area (Å²) in [5.41, 5.74) is 2.86. The van der Waals surface area contributed by atoms with Gasteiger partial charge < -0.3 is 24.4 Å². The number of piperidine rings is 1. The van der Waals surface area contributed by atoms with Crippen molar-refractivity contribution >= 4 is 22.8 Å². The highest BCUT2D eigenvalue weighted by atomic mass is 16.5. The van der Waals surface area contributed by atoms with Crippen LogP contribution in [-0.4, -0.2) is 66.3 Å². The van der Waals surface area contributed by atoms with Gasteiger partial charge in [-0.1, -0.05) is 66.7 Å². The third-order valence-electron chi connectivity index (χ3n) is 7.69. The minimum absolute atomic E-state index is 0.00119. The first kappa shape index (κ1) is 28.2. The molecule has 7 nitrogen and oxygen atoms in total. The van der Waals surface area contributed by atoms with Gasteiger partial charge in [-0.2, -0.15) is 0 Å². The Balaban J connectivity index is 1.16. The van der Waals surface area contributed by atoms with E-state index in [1.54, 1.807) is 11.9 Å². The smallest absolute Gasteiger partial charge is 0.407 e. The van der Waals surface area contributed by atoms with Crippen molar-refractivity contribution in [2.75, 3.05) is 33.3 Å². The van der Waals surface area contributed by atoms with E-state index in [9.17, 15) is 14.7 Å². The molecule has 0 saturated carbocycles. The van der Waals surface area contributed by atoms with Crippen LogP contribution in [-0.2, 0) is 11.3 Å². The molecule has 1 N–H and O–H groups in total. The van der Waals surface area contributed by atoms with E-state index < -0.39 is 6.09 Å². The molecule has 1 aliphatic rings. The van der Waals surface area contributed by atoms with Crippen molar-refractivity contribution in [3.63, 3.8) is 0 Å². The van der Waals surface area contributed by atoms with Crippen LogP contribution in [0.25, 0.3) is 10.8 Å². The number of fused-ring (bicyclic) bond motifs is 1. The van der Waals surface area contributed by atoms with Crippen LogP contribution < -0.4 is 4.74 Å². The summed E-state index contributed by atoms with van der Waals surface area (Å²) in [4.78, 5) is 27.4. The zero-order chi connectivity index (χ0) is 28.6.